The second-order valence-corrected chi connectivity index (χ2v) is 24.6. The van der Waals surface area contributed by atoms with Gasteiger partial charge in [-0.2, -0.15) is 5.06 Å². The lowest BCUT2D eigenvalue weighted by Gasteiger charge is -2.55. The van der Waals surface area contributed by atoms with Crippen molar-refractivity contribution in [3.63, 3.8) is 0 Å². The summed E-state index contributed by atoms with van der Waals surface area (Å²) < 4.78 is 27.2. The zero-order chi connectivity index (χ0) is 38.4. The number of allylic oxidation sites excluding steroid dienone is 1. The van der Waals surface area contributed by atoms with Crippen LogP contribution in [0.25, 0.3) is 0 Å². The number of hydrogen-bond acceptors (Lipinski definition) is 7. The predicted molar refractivity (Wildman–Crippen MR) is 215 cm³/mol. The molecule has 0 unspecified atom stereocenters. The maximum atomic E-state index is 14.4. The van der Waals surface area contributed by atoms with E-state index in [0.29, 0.717) is 19.1 Å². The first-order valence-corrected chi connectivity index (χ1v) is 22.8. The molecule has 6 aliphatic rings. The van der Waals surface area contributed by atoms with E-state index in [-0.39, 0.29) is 45.4 Å². The molecule has 7 nitrogen and oxygen atoms in total. The van der Waals surface area contributed by atoms with Gasteiger partial charge in [0.15, 0.2) is 5.79 Å². The van der Waals surface area contributed by atoms with Gasteiger partial charge in [0.25, 0.3) is 8.32 Å². The van der Waals surface area contributed by atoms with Gasteiger partial charge >= 0.3 is 5.97 Å². The third-order valence-corrected chi connectivity index (χ3v) is 20.1. The van der Waals surface area contributed by atoms with E-state index in [1.54, 1.807) is 0 Å². The highest BCUT2D eigenvalue weighted by atomic mass is 28.4. The normalized spacial score (nSPS) is 37.8. The molecule has 0 spiro atoms. The highest BCUT2D eigenvalue weighted by molar-refractivity contribution is 6.99. The zero-order valence-corrected chi connectivity index (χ0v) is 35.4. The van der Waals surface area contributed by atoms with E-state index < -0.39 is 25.8 Å². The summed E-state index contributed by atoms with van der Waals surface area (Å²) in [5.74, 6) is -0.803. The average molecular weight is 756 g/mol. The van der Waals surface area contributed by atoms with E-state index in [0.717, 1.165) is 56.9 Å². The van der Waals surface area contributed by atoms with Gasteiger partial charge in [-0.3, -0.25) is 4.84 Å². The molecule has 294 valence electrons. The van der Waals surface area contributed by atoms with Gasteiger partial charge in [0.05, 0.1) is 19.1 Å². The molecule has 8 heteroatoms. The Morgan fingerprint density at radius 2 is 1.44 bits per heavy atom. The number of fused-ring (bicyclic) bond motifs is 3. The third kappa shape index (κ3) is 6.12. The summed E-state index contributed by atoms with van der Waals surface area (Å²) in [6.45, 7) is 21.6. The van der Waals surface area contributed by atoms with E-state index >= 15 is 0 Å². The van der Waals surface area contributed by atoms with Crippen LogP contribution >= 0.6 is 0 Å². The number of esters is 1. The van der Waals surface area contributed by atoms with Gasteiger partial charge in [-0.05, 0) is 125 Å². The van der Waals surface area contributed by atoms with Crippen LogP contribution < -0.4 is 10.4 Å². The summed E-state index contributed by atoms with van der Waals surface area (Å²) in [5, 5.41) is 4.87. The minimum absolute atomic E-state index is 0.0621. The SMILES string of the molecule is CC1(C)CCCC(C)(C)N1O[C@]12CC[C@H]3C(=CC[C@H]4C[C@@H](O[Si](c5ccccc5)(c5ccccc5)C(C)(C)C)CC[C@@]43C)C(=O)O[C@@H]3CO[C@](C)(OC1)[C@@H]32. The minimum Gasteiger partial charge on any atom is -0.456 e. The van der Waals surface area contributed by atoms with E-state index in [4.69, 9.17) is 23.5 Å². The van der Waals surface area contributed by atoms with Gasteiger partial charge in [0.2, 0.25) is 0 Å². The maximum absolute atomic E-state index is 14.4. The van der Waals surface area contributed by atoms with Crippen molar-refractivity contribution in [1.82, 2.24) is 5.06 Å². The van der Waals surface area contributed by atoms with Crippen molar-refractivity contribution in [2.45, 2.75) is 160 Å². The number of hydrogen-bond donors (Lipinski definition) is 0. The van der Waals surface area contributed by atoms with Gasteiger partial charge in [-0.1, -0.05) is 94.4 Å². The van der Waals surface area contributed by atoms with Crippen molar-refractivity contribution in [2.24, 2.45) is 23.2 Å². The molecule has 1 saturated carbocycles. The first kappa shape index (κ1) is 38.5. The van der Waals surface area contributed by atoms with Gasteiger partial charge < -0.3 is 18.6 Å². The fourth-order valence-electron chi connectivity index (χ4n) is 12.3. The molecule has 2 aliphatic carbocycles. The van der Waals surface area contributed by atoms with E-state index in [1.165, 1.54) is 16.8 Å². The summed E-state index contributed by atoms with van der Waals surface area (Å²) in [6, 6.07) is 22.0. The van der Waals surface area contributed by atoms with Crippen LogP contribution in [0.4, 0.5) is 0 Å². The lowest BCUT2D eigenvalue weighted by Crippen LogP contribution is -2.68. The van der Waals surface area contributed by atoms with Crippen LogP contribution in [0, 0.1) is 23.2 Å². The van der Waals surface area contributed by atoms with Gasteiger partial charge in [0, 0.05) is 22.8 Å². The summed E-state index contributed by atoms with van der Waals surface area (Å²) in [4.78, 5) is 21.9. The Hall–Kier alpha value is -2.33. The van der Waals surface area contributed by atoms with E-state index in [9.17, 15) is 4.79 Å². The van der Waals surface area contributed by atoms with Crippen LogP contribution in [-0.2, 0) is 28.3 Å². The zero-order valence-electron chi connectivity index (χ0n) is 34.4. The molecule has 0 bridgehead atoms. The van der Waals surface area contributed by atoms with E-state index in [2.05, 4.69) is 127 Å². The summed E-state index contributed by atoms with van der Waals surface area (Å²) in [6.07, 6.45) is 10.7. The Labute approximate surface area is 325 Å². The topological polar surface area (TPSA) is 66.5 Å². The number of nitrogens with zero attached hydrogens (tertiary/aromatic N) is 1. The Bertz CT molecular complexity index is 1680. The second-order valence-electron chi connectivity index (χ2n) is 20.3. The van der Waals surface area contributed by atoms with Gasteiger partial charge in [-0.15, -0.1) is 0 Å². The smallest absolute Gasteiger partial charge is 0.334 e. The Morgan fingerprint density at radius 1 is 0.815 bits per heavy atom. The molecule has 4 saturated heterocycles. The molecule has 2 aromatic rings. The molecule has 5 fully saturated rings. The average Bonchev–Trinajstić information content (AvgIpc) is 3.61. The summed E-state index contributed by atoms with van der Waals surface area (Å²) >= 11 is 0. The number of piperidine rings is 1. The summed E-state index contributed by atoms with van der Waals surface area (Å²) in [5.41, 5.74) is -0.169. The lowest BCUT2D eigenvalue weighted by atomic mass is 9.54. The number of ether oxygens (including phenoxy) is 3. The molecular formula is C46H65NO6Si. The molecule has 4 heterocycles. The van der Waals surface area contributed by atoms with Crippen LogP contribution in [-0.4, -0.2) is 67.2 Å². The Balaban J connectivity index is 1.12. The van der Waals surface area contributed by atoms with E-state index in [1.807, 2.05) is 6.92 Å². The van der Waals surface area contributed by atoms with Crippen molar-refractivity contribution < 1.29 is 28.3 Å². The maximum Gasteiger partial charge on any atom is 0.334 e. The van der Waals surface area contributed by atoms with Crippen molar-refractivity contribution in [3.05, 3.63) is 72.3 Å². The summed E-state index contributed by atoms with van der Waals surface area (Å²) in [7, 11) is -2.71. The molecular weight excluding hydrogens is 691 g/mol. The van der Waals surface area contributed by atoms with Crippen LogP contribution in [0.1, 0.15) is 120 Å². The number of benzene rings is 2. The first-order chi connectivity index (χ1) is 25.4. The second kappa shape index (κ2) is 13.4. The fourth-order valence-corrected chi connectivity index (χ4v) is 17.0. The first-order valence-electron chi connectivity index (χ1n) is 20.9. The molecule has 54 heavy (non-hydrogen) atoms. The molecule has 0 N–H and O–H groups in total. The standard InChI is InChI=1S/C46H65NO6Si/c1-41(2,3)54(34-17-12-10-13-18-34,35-19-14-11-15-20-35)52-33-23-27-44(8)32(29-33)21-22-36-37(44)24-28-46(53-47-42(4,5)25-16-26-43(47,6)7)31-50-45(9)39(46)38(30-49-45)51-40(36)48/h10-15,17-20,22,32-33,37-39H,16,21,23-31H2,1-9H3/t32-,33-,37-,38+,39+,44-,45+,46+/m0/s1. The van der Waals surface area contributed by atoms with Gasteiger partial charge in [-0.25, -0.2) is 4.79 Å². The number of rotatable bonds is 6. The monoisotopic (exact) mass is 755 g/mol. The van der Waals surface area contributed by atoms with Crippen LogP contribution in [0.15, 0.2) is 72.3 Å². The molecule has 2 aromatic carbocycles. The molecule has 0 aromatic heterocycles. The molecule has 8 atom stereocenters. The molecule has 0 amide bonds. The highest BCUT2D eigenvalue weighted by Crippen LogP contribution is 2.60. The largest absolute Gasteiger partial charge is 0.456 e. The van der Waals surface area contributed by atoms with Crippen molar-refractivity contribution in [1.29, 1.82) is 0 Å². The van der Waals surface area contributed by atoms with Crippen LogP contribution in [0.2, 0.25) is 5.04 Å². The van der Waals surface area contributed by atoms with Gasteiger partial charge in [0.1, 0.15) is 11.7 Å². The molecule has 0 radical (unpaired) electrons. The highest BCUT2D eigenvalue weighted by Gasteiger charge is 2.68. The predicted octanol–water partition coefficient (Wildman–Crippen LogP) is 8.50. The fraction of sp³-hybridized carbons (Fsp3) is 0.674. The third-order valence-electron chi connectivity index (χ3n) is 15.0. The quantitative estimate of drug-likeness (QED) is 0.217. The Kier molecular flexibility index (Phi) is 9.55. The molecule has 8 rings (SSSR count). The Morgan fingerprint density at radius 3 is 2.06 bits per heavy atom. The van der Waals surface area contributed by atoms with Crippen molar-refractivity contribution in [2.75, 3.05) is 13.2 Å². The lowest BCUT2D eigenvalue weighted by molar-refractivity contribution is -0.347. The van der Waals surface area contributed by atoms with Crippen LogP contribution in [0.3, 0.4) is 0 Å². The number of carbonyl (C=O) groups excluding carboxylic acids is 1. The minimum atomic E-state index is -2.71. The number of hydroxylamine groups is 2. The van der Waals surface area contributed by atoms with Crippen LogP contribution in [0.5, 0.6) is 0 Å². The van der Waals surface area contributed by atoms with Crippen molar-refractivity contribution in [3.8, 4) is 0 Å². The molecule has 4 aliphatic heterocycles. The van der Waals surface area contributed by atoms with Crippen molar-refractivity contribution >= 4 is 24.7 Å². The number of carbonyl (C=O) groups is 1.